The van der Waals surface area contributed by atoms with E-state index in [9.17, 15) is 0 Å². The molecule has 1 aliphatic carbocycles. The molecule has 0 atom stereocenters. The lowest BCUT2D eigenvalue weighted by molar-refractivity contribution is 0.123. The summed E-state index contributed by atoms with van der Waals surface area (Å²) in [6.07, 6.45) is 2.32. The summed E-state index contributed by atoms with van der Waals surface area (Å²) in [4.78, 5) is 0. The number of aliphatic hydroxyl groups is 1. The molecule has 0 amide bonds. The quantitative estimate of drug-likeness (QED) is 0.611. The van der Waals surface area contributed by atoms with Crippen molar-refractivity contribution < 1.29 is 5.11 Å². The SMILES string of the molecule is CC(C)NC1CC(CO)C1. The molecule has 1 rings (SSSR count). The second kappa shape index (κ2) is 3.35. The van der Waals surface area contributed by atoms with Gasteiger partial charge in [0.25, 0.3) is 0 Å². The third kappa shape index (κ3) is 1.96. The predicted molar refractivity (Wildman–Crippen MR) is 41.9 cm³/mol. The maximum Gasteiger partial charge on any atom is 0.0460 e. The van der Waals surface area contributed by atoms with Crippen molar-refractivity contribution in [1.82, 2.24) is 5.32 Å². The Morgan fingerprint density at radius 2 is 2.10 bits per heavy atom. The lowest BCUT2D eigenvalue weighted by Crippen LogP contribution is -2.45. The monoisotopic (exact) mass is 143 g/mol. The molecule has 2 nitrogen and oxygen atoms in total. The zero-order valence-electron chi connectivity index (χ0n) is 6.80. The molecule has 0 unspecified atom stereocenters. The third-order valence-electron chi connectivity index (χ3n) is 2.06. The van der Waals surface area contributed by atoms with E-state index in [0.717, 1.165) is 12.8 Å². The fourth-order valence-corrected chi connectivity index (χ4v) is 1.49. The highest BCUT2D eigenvalue weighted by Crippen LogP contribution is 2.26. The molecule has 0 heterocycles. The molecule has 1 aliphatic rings. The average molecular weight is 143 g/mol. The van der Waals surface area contributed by atoms with Crippen LogP contribution in [0.15, 0.2) is 0 Å². The van der Waals surface area contributed by atoms with Crippen molar-refractivity contribution in [1.29, 1.82) is 0 Å². The fraction of sp³-hybridized carbons (Fsp3) is 1.00. The first-order chi connectivity index (χ1) is 4.72. The van der Waals surface area contributed by atoms with Gasteiger partial charge in [-0.1, -0.05) is 13.8 Å². The van der Waals surface area contributed by atoms with Crippen molar-refractivity contribution in [3.8, 4) is 0 Å². The zero-order valence-corrected chi connectivity index (χ0v) is 6.80. The highest BCUT2D eigenvalue weighted by molar-refractivity contribution is 4.85. The van der Waals surface area contributed by atoms with E-state index in [0.29, 0.717) is 24.6 Å². The molecule has 0 spiro atoms. The van der Waals surface area contributed by atoms with E-state index in [-0.39, 0.29) is 0 Å². The first kappa shape index (κ1) is 8.02. The minimum atomic E-state index is 0.371. The molecule has 1 fully saturated rings. The Morgan fingerprint density at radius 3 is 2.50 bits per heavy atom. The molecule has 10 heavy (non-hydrogen) atoms. The van der Waals surface area contributed by atoms with E-state index in [1.807, 2.05) is 0 Å². The van der Waals surface area contributed by atoms with E-state index in [4.69, 9.17) is 5.11 Å². The highest BCUT2D eigenvalue weighted by atomic mass is 16.3. The van der Waals surface area contributed by atoms with E-state index in [1.54, 1.807) is 0 Å². The van der Waals surface area contributed by atoms with Crippen LogP contribution in [-0.4, -0.2) is 23.8 Å². The topological polar surface area (TPSA) is 32.3 Å². The molecular formula is C8H17NO. The first-order valence-electron chi connectivity index (χ1n) is 4.09. The van der Waals surface area contributed by atoms with Gasteiger partial charge in [0.15, 0.2) is 0 Å². The van der Waals surface area contributed by atoms with Gasteiger partial charge in [-0.2, -0.15) is 0 Å². The minimum Gasteiger partial charge on any atom is -0.396 e. The Balaban J connectivity index is 2.03. The summed E-state index contributed by atoms with van der Waals surface area (Å²) in [7, 11) is 0. The van der Waals surface area contributed by atoms with E-state index in [1.165, 1.54) is 0 Å². The van der Waals surface area contributed by atoms with Crippen LogP contribution in [0.1, 0.15) is 26.7 Å². The van der Waals surface area contributed by atoms with Gasteiger partial charge in [0.2, 0.25) is 0 Å². The second-order valence-electron chi connectivity index (χ2n) is 3.54. The summed E-state index contributed by atoms with van der Waals surface area (Å²) in [5, 5.41) is 12.1. The molecule has 60 valence electrons. The average Bonchev–Trinajstić information content (AvgIpc) is 1.76. The number of hydrogen-bond donors (Lipinski definition) is 2. The lowest BCUT2D eigenvalue weighted by atomic mass is 9.80. The van der Waals surface area contributed by atoms with Crippen molar-refractivity contribution in [2.45, 2.75) is 38.8 Å². The van der Waals surface area contributed by atoms with E-state index >= 15 is 0 Å². The van der Waals surface area contributed by atoms with Crippen LogP contribution in [-0.2, 0) is 0 Å². The van der Waals surface area contributed by atoms with Crippen molar-refractivity contribution in [2.24, 2.45) is 5.92 Å². The second-order valence-corrected chi connectivity index (χ2v) is 3.54. The summed E-state index contributed by atoms with van der Waals surface area (Å²) < 4.78 is 0. The Labute approximate surface area is 62.6 Å². The van der Waals surface area contributed by atoms with Crippen LogP contribution in [0.5, 0.6) is 0 Å². The molecule has 1 saturated carbocycles. The summed E-state index contributed by atoms with van der Waals surface area (Å²) in [6.45, 7) is 4.69. The number of hydrogen-bond acceptors (Lipinski definition) is 2. The summed E-state index contributed by atoms with van der Waals surface area (Å²) >= 11 is 0. The largest absolute Gasteiger partial charge is 0.396 e. The van der Waals surface area contributed by atoms with Gasteiger partial charge in [0, 0.05) is 18.7 Å². The van der Waals surface area contributed by atoms with Crippen LogP contribution in [0.4, 0.5) is 0 Å². The molecule has 0 saturated heterocycles. The molecular weight excluding hydrogens is 126 g/mol. The van der Waals surface area contributed by atoms with Crippen LogP contribution >= 0.6 is 0 Å². The maximum absolute atomic E-state index is 8.71. The van der Waals surface area contributed by atoms with Crippen LogP contribution in [0.3, 0.4) is 0 Å². The van der Waals surface area contributed by atoms with Crippen LogP contribution in [0.2, 0.25) is 0 Å². The molecule has 0 aromatic rings. The molecule has 0 radical (unpaired) electrons. The molecule has 0 aromatic heterocycles. The standard InChI is InChI=1S/C8H17NO/c1-6(2)9-8-3-7(4-8)5-10/h6-10H,3-5H2,1-2H3. The van der Waals surface area contributed by atoms with Crippen molar-refractivity contribution >= 4 is 0 Å². The molecule has 0 aliphatic heterocycles. The van der Waals surface area contributed by atoms with Gasteiger partial charge in [0.1, 0.15) is 0 Å². The van der Waals surface area contributed by atoms with Crippen LogP contribution < -0.4 is 5.32 Å². The van der Waals surface area contributed by atoms with Gasteiger partial charge >= 0.3 is 0 Å². The maximum atomic E-state index is 8.71. The zero-order chi connectivity index (χ0) is 7.56. The third-order valence-corrected chi connectivity index (χ3v) is 2.06. The molecule has 0 aromatic carbocycles. The van der Waals surface area contributed by atoms with Crippen molar-refractivity contribution in [3.63, 3.8) is 0 Å². The van der Waals surface area contributed by atoms with E-state index < -0.39 is 0 Å². The number of aliphatic hydroxyl groups excluding tert-OH is 1. The van der Waals surface area contributed by atoms with Crippen LogP contribution in [0.25, 0.3) is 0 Å². The Bertz CT molecular complexity index is 97.4. The molecule has 2 heteroatoms. The predicted octanol–water partition coefficient (Wildman–Crippen LogP) is 0.755. The van der Waals surface area contributed by atoms with Gasteiger partial charge in [-0.25, -0.2) is 0 Å². The Morgan fingerprint density at radius 1 is 1.50 bits per heavy atom. The smallest absolute Gasteiger partial charge is 0.0460 e. The summed E-state index contributed by atoms with van der Waals surface area (Å²) in [5.74, 6) is 0.580. The molecule has 2 N–H and O–H groups in total. The summed E-state index contributed by atoms with van der Waals surface area (Å²) in [6, 6.07) is 1.27. The lowest BCUT2D eigenvalue weighted by Gasteiger charge is -2.36. The van der Waals surface area contributed by atoms with Gasteiger partial charge in [-0.3, -0.25) is 0 Å². The van der Waals surface area contributed by atoms with Gasteiger partial charge in [0.05, 0.1) is 0 Å². The fourth-order valence-electron chi connectivity index (χ4n) is 1.49. The minimum absolute atomic E-state index is 0.371. The van der Waals surface area contributed by atoms with E-state index in [2.05, 4.69) is 19.2 Å². The van der Waals surface area contributed by atoms with Gasteiger partial charge < -0.3 is 10.4 Å². The Kier molecular flexibility index (Phi) is 2.69. The van der Waals surface area contributed by atoms with Gasteiger partial charge in [-0.15, -0.1) is 0 Å². The number of nitrogens with one attached hydrogen (secondary N) is 1. The Hall–Kier alpha value is -0.0800. The first-order valence-corrected chi connectivity index (χ1v) is 4.09. The molecule has 0 bridgehead atoms. The highest BCUT2D eigenvalue weighted by Gasteiger charge is 2.27. The van der Waals surface area contributed by atoms with Gasteiger partial charge in [-0.05, 0) is 18.8 Å². The number of rotatable bonds is 3. The van der Waals surface area contributed by atoms with Crippen LogP contribution in [0, 0.1) is 5.92 Å². The summed E-state index contributed by atoms with van der Waals surface area (Å²) in [5.41, 5.74) is 0. The van der Waals surface area contributed by atoms with Crippen molar-refractivity contribution in [2.75, 3.05) is 6.61 Å². The normalized spacial score (nSPS) is 32.4. The van der Waals surface area contributed by atoms with Crippen molar-refractivity contribution in [3.05, 3.63) is 0 Å².